The minimum atomic E-state index is 0.490. The van der Waals surface area contributed by atoms with Gasteiger partial charge in [0.1, 0.15) is 5.82 Å². The lowest BCUT2D eigenvalue weighted by Gasteiger charge is -2.16. The first-order chi connectivity index (χ1) is 9.74. The molecule has 0 atom stereocenters. The third-order valence-corrected chi connectivity index (χ3v) is 2.97. The summed E-state index contributed by atoms with van der Waals surface area (Å²) in [6, 6.07) is 12.2. The van der Waals surface area contributed by atoms with E-state index in [2.05, 4.69) is 51.5 Å². The molecule has 0 radical (unpaired) electrons. The van der Waals surface area contributed by atoms with Gasteiger partial charge in [-0.25, -0.2) is 4.98 Å². The smallest absolute Gasteiger partial charge is 0.224 e. The van der Waals surface area contributed by atoms with E-state index in [-0.39, 0.29) is 0 Å². The summed E-state index contributed by atoms with van der Waals surface area (Å²) in [4.78, 5) is 10.5. The Morgan fingerprint density at radius 1 is 1.20 bits per heavy atom. The van der Waals surface area contributed by atoms with Gasteiger partial charge < -0.3 is 16.0 Å². The van der Waals surface area contributed by atoms with Crippen molar-refractivity contribution < 1.29 is 0 Å². The lowest BCUT2D eigenvalue weighted by Crippen LogP contribution is -2.21. The van der Waals surface area contributed by atoms with Gasteiger partial charge in [0, 0.05) is 19.3 Å². The topological polar surface area (TPSA) is 67.1 Å². The maximum Gasteiger partial charge on any atom is 0.224 e. The van der Waals surface area contributed by atoms with Crippen LogP contribution in [0.3, 0.4) is 0 Å². The number of nitrogens with two attached hydrogens (primary N) is 1. The van der Waals surface area contributed by atoms with Crippen molar-refractivity contribution in [2.75, 3.05) is 31.2 Å². The van der Waals surface area contributed by atoms with Gasteiger partial charge in [0.25, 0.3) is 0 Å². The first kappa shape index (κ1) is 14.3. The van der Waals surface area contributed by atoms with E-state index in [0.717, 1.165) is 26.1 Å². The van der Waals surface area contributed by atoms with Crippen LogP contribution in [0.4, 0.5) is 11.8 Å². The number of hydrogen-bond donors (Lipinski definition) is 2. The Labute approximate surface area is 119 Å². The van der Waals surface area contributed by atoms with E-state index < -0.39 is 0 Å². The molecule has 1 aromatic carbocycles. The average Bonchev–Trinajstić information content (AvgIpc) is 2.45. The highest BCUT2D eigenvalue weighted by Crippen LogP contribution is 2.04. The molecule has 106 valence electrons. The van der Waals surface area contributed by atoms with Crippen LogP contribution in [0.25, 0.3) is 0 Å². The zero-order valence-electron chi connectivity index (χ0n) is 11.8. The molecule has 20 heavy (non-hydrogen) atoms. The van der Waals surface area contributed by atoms with E-state index in [1.54, 1.807) is 12.3 Å². The van der Waals surface area contributed by atoms with Crippen molar-refractivity contribution in [3.8, 4) is 0 Å². The monoisotopic (exact) mass is 271 g/mol. The van der Waals surface area contributed by atoms with E-state index in [1.165, 1.54) is 5.56 Å². The minimum Gasteiger partial charge on any atom is -0.384 e. The van der Waals surface area contributed by atoms with Crippen molar-refractivity contribution in [2.45, 2.75) is 13.0 Å². The van der Waals surface area contributed by atoms with Crippen LogP contribution in [-0.2, 0) is 6.54 Å². The van der Waals surface area contributed by atoms with E-state index in [1.807, 2.05) is 6.07 Å². The molecule has 0 amide bonds. The van der Waals surface area contributed by atoms with Crippen molar-refractivity contribution in [3.63, 3.8) is 0 Å². The minimum absolute atomic E-state index is 0.490. The van der Waals surface area contributed by atoms with Crippen LogP contribution in [0.5, 0.6) is 0 Å². The maximum absolute atomic E-state index is 5.60. The van der Waals surface area contributed by atoms with Gasteiger partial charge in [0.15, 0.2) is 0 Å². The van der Waals surface area contributed by atoms with Crippen molar-refractivity contribution in [1.29, 1.82) is 0 Å². The molecule has 3 N–H and O–H groups in total. The summed E-state index contributed by atoms with van der Waals surface area (Å²) in [6.45, 7) is 2.82. The number of aromatic nitrogens is 2. The summed E-state index contributed by atoms with van der Waals surface area (Å²) < 4.78 is 0. The second kappa shape index (κ2) is 7.45. The van der Waals surface area contributed by atoms with E-state index in [0.29, 0.717) is 11.8 Å². The second-order valence-corrected chi connectivity index (χ2v) is 4.81. The summed E-state index contributed by atoms with van der Waals surface area (Å²) in [7, 11) is 2.13. The standard InChI is InChI=1S/C15H21N5/c1-20(12-13-6-3-2-4-7-13)11-5-9-17-15-18-10-8-14(16)19-15/h2-4,6-8,10H,5,9,11-12H2,1H3,(H3,16,17,18,19). The van der Waals surface area contributed by atoms with Crippen molar-refractivity contribution in [2.24, 2.45) is 0 Å². The zero-order chi connectivity index (χ0) is 14.2. The van der Waals surface area contributed by atoms with Crippen molar-refractivity contribution in [1.82, 2.24) is 14.9 Å². The molecule has 1 heterocycles. The molecule has 0 aliphatic heterocycles. The predicted molar refractivity (Wildman–Crippen MR) is 82.3 cm³/mol. The zero-order valence-corrected chi connectivity index (χ0v) is 11.8. The Balaban J connectivity index is 1.66. The fourth-order valence-electron chi connectivity index (χ4n) is 1.98. The summed E-state index contributed by atoms with van der Waals surface area (Å²) >= 11 is 0. The summed E-state index contributed by atoms with van der Waals surface area (Å²) in [6.07, 6.45) is 2.69. The lowest BCUT2D eigenvalue weighted by molar-refractivity contribution is 0.325. The van der Waals surface area contributed by atoms with Crippen LogP contribution in [-0.4, -0.2) is 35.0 Å². The number of nitrogens with one attached hydrogen (secondary N) is 1. The normalized spacial score (nSPS) is 10.7. The number of nitrogen functional groups attached to an aromatic ring is 1. The Morgan fingerprint density at radius 3 is 2.75 bits per heavy atom. The molecule has 0 unspecified atom stereocenters. The Hall–Kier alpha value is -2.14. The Kier molecular flexibility index (Phi) is 5.32. The molecular formula is C15H21N5. The van der Waals surface area contributed by atoms with Gasteiger partial charge in [0.05, 0.1) is 0 Å². The molecule has 0 bridgehead atoms. The molecule has 2 aromatic rings. The molecule has 0 aliphatic carbocycles. The number of anilines is 2. The van der Waals surface area contributed by atoms with Gasteiger partial charge >= 0.3 is 0 Å². The Morgan fingerprint density at radius 2 is 2.00 bits per heavy atom. The lowest BCUT2D eigenvalue weighted by atomic mass is 10.2. The highest BCUT2D eigenvalue weighted by molar-refractivity contribution is 5.34. The fourth-order valence-corrected chi connectivity index (χ4v) is 1.98. The fraction of sp³-hybridized carbons (Fsp3) is 0.333. The predicted octanol–water partition coefficient (Wildman–Crippen LogP) is 1.99. The van der Waals surface area contributed by atoms with Crippen LogP contribution < -0.4 is 11.1 Å². The van der Waals surface area contributed by atoms with Crippen LogP contribution in [0, 0.1) is 0 Å². The summed E-state index contributed by atoms with van der Waals surface area (Å²) in [5.41, 5.74) is 6.93. The molecule has 0 fully saturated rings. The van der Waals surface area contributed by atoms with Crippen LogP contribution >= 0.6 is 0 Å². The quantitative estimate of drug-likeness (QED) is 0.754. The summed E-state index contributed by atoms with van der Waals surface area (Å²) in [5.74, 6) is 1.08. The largest absolute Gasteiger partial charge is 0.384 e. The molecule has 1 aromatic heterocycles. The average molecular weight is 271 g/mol. The molecule has 5 heteroatoms. The molecule has 0 spiro atoms. The van der Waals surface area contributed by atoms with Gasteiger partial charge in [-0.15, -0.1) is 0 Å². The van der Waals surface area contributed by atoms with Crippen molar-refractivity contribution in [3.05, 3.63) is 48.2 Å². The van der Waals surface area contributed by atoms with Gasteiger partial charge in [-0.05, 0) is 31.6 Å². The highest BCUT2D eigenvalue weighted by Gasteiger charge is 2.00. The number of rotatable bonds is 7. The maximum atomic E-state index is 5.60. The Bertz CT molecular complexity index is 515. The number of benzene rings is 1. The third-order valence-electron chi connectivity index (χ3n) is 2.97. The molecule has 0 aliphatic rings. The SMILES string of the molecule is CN(CCCNc1nccc(N)n1)Cc1ccccc1. The third kappa shape index (κ3) is 4.85. The molecule has 0 saturated heterocycles. The molecule has 0 saturated carbocycles. The van der Waals surface area contributed by atoms with Gasteiger partial charge in [0.2, 0.25) is 5.95 Å². The van der Waals surface area contributed by atoms with E-state index >= 15 is 0 Å². The van der Waals surface area contributed by atoms with Gasteiger partial charge in [-0.2, -0.15) is 4.98 Å². The van der Waals surface area contributed by atoms with Gasteiger partial charge in [-0.1, -0.05) is 30.3 Å². The van der Waals surface area contributed by atoms with E-state index in [9.17, 15) is 0 Å². The first-order valence-corrected chi connectivity index (χ1v) is 6.79. The van der Waals surface area contributed by atoms with Gasteiger partial charge in [-0.3, -0.25) is 0 Å². The molecule has 2 rings (SSSR count). The van der Waals surface area contributed by atoms with Crippen LogP contribution in [0.15, 0.2) is 42.6 Å². The second-order valence-electron chi connectivity index (χ2n) is 4.81. The molecule has 5 nitrogen and oxygen atoms in total. The summed E-state index contributed by atoms with van der Waals surface area (Å²) in [5, 5.41) is 3.18. The number of hydrogen-bond acceptors (Lipinski definition) is 5. The number of nitrogens with zero attached hydrogens (tertiary/aromatic N) is 3. The first-order valence-electron chi connectivity index (χ1n) is 6.79. The van der Waals surface area contributed by atoms with Crippen molar-refractivity contribution >= 4 is 11.8 Å². The van der Waals surface area contributed by atoms with E-state index in [4.69, 9.17) is 5.73 Å². The highest BCUT2D eigenvalue weighted by atomic mass is 15.1. The molecular weight excluding hydrogens is 250 g/mol. The van der Waals surface area contributed by atoms with Crippen LogP contribution in [0.1, 0.15) is 12.0 Å². The van der Waals surface area contributed by atoms with Crippen LogP contribution in [0.2, 0.25) is 0 Å².